The van der Waals surface area contributed by atoms with E-state index >= 15 is 0 Å². The fourth-order valence-electron chi connectivity index (χ4n) is 2.20. The van der Waals surface area contributed by atoms with Gasteiger partial charge in [0.05, 0.1) is 12.2 Å². The smallest absolute Gasteiger partial charge is 0.255 e. The molecule has 1 aromatic carbocycles. The van der Waals surface area contributed by atoms with Gasteiger partial charge >= 0.3 is 0 Å². The van der Waals surface area contributed by atoms with Gasteiger partial charge in [-0.3, -0.25) is 4.79 Å². The van der Waals surface area contributed by atoms with E-state index in [2.05, 4.69) is 16.2 Å². The molecule has 0 atom stereocenters. The Hall–Kier alpha value is -3.07. The summed E-state index contributed by atoms with van der Waals surface area (Å²) in [5.74, 6) is 1.87. The number of anilines is 1. The van der Waals surface area contributed by atoms with Crippen LogP contribution in [-0.2, 0) is 6.54 Å². The van der Waals surface area contributed by atoms with Crippen LogP contribution in [0.2, 0.25) is 0 Å². The van der Waals surface area contributed by atoms with Crippen LogP contribution >= 0.6 is 0 Å². The third-order valence-corrected chi connectivity index (χ3v) is 3.51. The molecule has 0 unspecified atom stereocenters. The summed E-state index contributed by atoms with van der Waals surface area (Å²) in [6.07, 6.45) is 6.39. The van der Waals surface area contributed by atoms with Crippen LogP contribution in [0.15, 0.2) is 30.3 Å². The molecule has 1 aromatic heterocycles. The summed E-state index contributed by atoms with van der Waals surface area (Å²) in [7, 11) is 0. The van der Waals surface area contributed by atoms with Crippen molar-refractivity contribution in [1.82, 2.24) is 10.3 Å². The number of aryl methyl sites for hydroxylation is 1. The van der Waals surface area contributed by atoms with Gasteiger partial charge in [0.15, 0.2) is 11.6 Å². The zero-order valence-corrected chi connectivity index (χ0v) is 14.0. The molecule has 0 saturated carbocycles. The standard InChI is InChI=1S/C19H20FN3O2/c1-3-4-5-11-25-16-8-6-7-14(17(16)20)12-22-19(24)15-10-9-13(2)23-18(15)21/h1,6-10H,4-5,11-12H2,2H3,(H2,21,23)(H,22,24). The van der Waals surface area contributed by atoms with Crippen molar-refractivity contribution >= 4 is 11.7 Å². The molecule has 0 radical (unpaired) electrons. The van der Waals surface area contributed by atoms with E-state index in [0.717, 1.165) is 5.69 Å². The van der Waals surface area contributed by atoms with Crippen molar-refractivity contribution in [3.05, 3.63) is 53.0 Å². The molecule has 1 amide bonds. The number of pyridine rings is 1. The highest BCUT2D eigenvalue weighted by Gasteiger charge is 2.13. The molecule has 5 nitrogen and oxygen atoms in total. The quantitative estimate of drug-likeness (QED) is 0.600. The van der Waals surface area contributed by atoms with Crippen molar-refractivity contribution in [2.45, 2.75) is 26.3 Å². The van der Waals surface area contributed by atoms with Gasteiger partial charge < -0.3 is 15.8 Å². The monoisotopic (exact) mass is 341 g/mol. The number of amides is 1. The molecule has 0 aliphatic rings. The number of hydrogen-bond acceptors (Lipinski definition) is 4. The van der Waals surface area contributed by atoms with Crippen LogP contribution in [0.25, 0.3) is 0 Å². The number of ether oxygens (including phenoxy) is 1. The van der Waals surface area contributed by atoms with Gasteiger partial charge in [-0.1, -0.05) is 12.1 Å². The number of carbonyl (C=O) groups is 1. The summed E-state index contributed by atoms with van der Waals surface area (Å²) in [5.41, 5.74) is 7.04. The lowest BCUT2D eigenvalue weighted by Crippen LogP contribution is -2.24. The molecule has 0 aliphatic carbocycles. The Morgan fingerprint density at radius 2 is 2.20 bits per heavy atom. The number of unbranched alkanes of at least 4 members (excludes halogenated alkanes) is 1. The molecule has 3 N–H and O–H groups in total. The van der Waals surface area contributed by atoms with Gasteiger partial charge in [0, 0.05) is 24.2 Å². The van der Waals surface area contributed by atoms with Crippen LogP contribution in [0.4, 0.5) is 10.2 Å². The predicted octanol–water partition coefficient (Wildman–Crippen LogP) is 2.83. The van der Waals surface area contributed by atoms with Crippen LogP contribution in [-0.4, -0.2) is 17.5 Å². The van der Waals surface area contributed by atoms with Crippen molar-refractivity contribution in [1.29, 1.82) is 0 Å². The van der Waals surface area contributed by atoms with Gasteiger partial charge in [-0.25, -0.2) is 9.37 Å². The highest BCUT2D eigenvalue weighted by Crippen LogP contribution is 2.21. The Kier molecular flexibility index (Phi) is 6.35. The maximum atomic E-state index is 14.4. The van der Waals surface area contributed by atoms with E-state index in [4.69, 9.17) is 16.9 Å². The molecule has 0 spiro atoms. The van der Waals surface area contributed by atoms with E-state index in [1.807, 2.05) is 0 Å². The summed E-state index contributed by atoms with van der Waals surface area (Å²) in [4.78, 5) is 16.2. The zero-order valence-electron chi connectivity index (χ0n) is 14.0. The third-order valence-electron chi connectivity index (χ3n) is 3.51. The summed E-state index contributed by atoms with van der Waals surface area (Å²) in [6, 6.07) is 8.08. The number of hydrogen-bond donors (Lipinski definition) is 2. The Morgan fingerprint density at radius 3 is 2.92 bits per heavy atom. The Labute approximate surface area is 146 Å². The number of halogens is 1. The van der Waals surface area contributed by atoms with Gasteiger partial charge in [0.25, 0.3) is 5.91 Å². The van der Waals surface area contributed by atoms with Crippen molar-refractivity contribution in [3.63, 3.8) is 0 Å². The second-order valence-electron chi connectivity index (χ2n) is 5.45. The lowest BCUT2D eigenvalue weighted by Gasteiger charge is -2.11. The largest absolute Gasteiger partial charge is 0.490 e. The van der Waals surface area contributed by atoms with Crippen molar-refractivity contribution in [2.75, 3.05) is 12.3 Å². The highest BCUT2D eigenvalue weighted by atomic mass is 19.1. The molecule has 1 heterocycles. The molecular weight excluding hydrogens is 321 g/mol. The summed E-state index contributed by atoms with van der Waals surface area (Å²) in [6.45, 7) is 2.13. The minimum atomic E-state index is -0.501. The molecule has 2 rings (SSSR count). The first kappa shape index (κ1) is 18.3. The number of rotatable bonds is 7. The van der Waals surface area contributed by atoms with E-state index in [0.29, 0.717) is 25.0 Å². The average molecular weight is 341 g/mol. The predicted molar refractivity (Wildman–Crippen MR) is 94.5 cm³/mol. The molecule has 130 valence electrons. The van der Waals surface area contributed by atoms with E-state index in [-0.39, 0.29) is 23.7 Å². The fourth-order valence-corrected chi connectivity index (χ4v) is 2.20. The molecule has 6 heteroatoms. The number of carbonyl (C=O) groups excluding carboxylic acids is 1. The van der Waals surface area contributed by atoms with E-state index in [1.165, 1.54) is 0 Å². The first-order valence-electron chi connectivity index (χ1n) is 7.88. The number of aromatic nitrogens is 1. The number of nitrogen functional groups attached to an aromatic ring is 1. The van der Waals surface area contributed by atoms with Gasteiger partial charge in [-0.2, -0.15) is 0 Å². The molecule has 0 saturated heterocycles. The Bertz CT molecular complexity index is 800. The lowest BCUT2D eigenvalue weighted by atomic mass is 10.1. The number of benzene rings is 1. The van der Waals surface area contributed by atoms with Gasteiger partial charge in [0.2, 0.25) is 0 Å². The minimum Gasteiger partial charge on any atom is -0.490 e. The zero-order chi connectivity index (χ0) is 18.2. The molecule has 2 aromatic rings. The van der Waals surface area contributed by atoms with Crippen LogP contribution < -0.4 is 15.8 Å². The fraction of sp³-hybridized carbons (Fsp3) is 0.263. The summed E-state index contributed by atoms with van der Waals surface area (Å²) in [5, 5.41) is 2.64. The number of nitrogens with zero attached hydrogens (tertiary/aromatic N) is 1. The van der Waals surface area contributed by atoms with Crippen molar-refractivity contribution < 1.29 is 13.9 Å². The second-order valence-corrected chi connectivity index (χ2v) is 5.45. The Balaban J connectivity index is 2.00. The van der Waals surface area contributed by atoms with Crippen molar-refractivity contribution in [3.8, 4) is 18.1 Å². The number of nitrogens with two attached hydrogens (primary N) is 1. The van der Waals surface area contributed by atoms with Crippen LogP contribution in [0, 0.1) is 25.1 Å². The molecule has 25 heavy (non-hydrogen) atoms. The normalized spacial score (nSPS) is 10.1. The molecule has 0 aliphatic heterocycles. The van der Waals surface area contributed by atoms with E-state index in [1.54, 1.807) is 37.3 Å². The Morgan fingerprint density at radius 1 is 1.40 bits per heavy atom. The highest BCUT2D eigenvalue weighted by molar-refractivity contribution is 5.98. The SMILES string of the molecule is C#CCCCOc1cccc(CNC(=O)c2ccc(C)nc2N)c1F. The minimum absolute atomic E-state index is 0.0134. The molecule has 0 bridgehead atoms. The van der Waals surface area contributed by atoms with Crippen molar-refractivity contribution in [2.24, 2.45) is 0 Å². The van der Waals surface area contributed by atoms with Crippen LogP contribution in [0.5, 0.6) is 5.75 Å². The second kappa shape index (κ2) is 8.69. The van der Waals surface area contributed by atoms with Gasteiger partial charge in [-0.15, -0.1) is 12.3 Å². The number of terminal acetylenes is 1. The van der Waals surface area contributed by atoms with Crippen LogP contribution in [0.3, 0.4) is 0 Å². The first-order chi connectivity index (χ1) is 12.0. The summed E-state index contributed by atoms with van der Waals surface area (Å²) >= 11 is 0. The third kappa shape index (κ3) is 4.95. The van der Waals surface area contributed by atoms with E-state index < -0.39 is 11.7 Å². The topological polar surface area (TPSA) is 77.2 Å². The number of nitrogens with one attached hydrogen (secondary N) is 1. The van der Waals surface area contributed by atoms with Crippen LogP contribution in [0.1, 0.15) is 34.5 Å². The van der Waals surface area contributed by atoms with Gasteiger partial charge in [0.1, 0.15) is 5.82 Å². The summed E-state index contributed by atoms with van der Waals surface area (Å²) < 4.78 is 19.8. The maximum absolute atomic E-state index is 14.4. The average Bonchev–Trinajstić information content (AvgIpc) is 2.58. The lowest BCUT2D eigenvalue weighted by molar-refractivity contribution is 0.0951. The first-order valence-corrected chi connectivity index (χ1v) is 7.88. The van der Waals surface area contributed by atoms with Gasteiger partial charge in [-0.05, 0) is 31.5 Å². The van der Waals surface area contributed by atoms with E-state index in [9.17, 15) is 9.18 Å². The molecule has 0 fully saturated rings. The molecular formula is C19H20FN3O2. The maximum Gasteiger partial charge on any atom is 0.255 e.